The number of hydrogen-bond acceptors (Lipinski definition) is 7. The first kappa shape index (κ1) is 17.8. The lowest BCUT2D eigenvalue weighted by Gasteiger charge is -2.35. The van der Waals surface area contributed by atoms with Crippen molar-refractivity contribution in [3.63, 3.8) is 0 Å². The molecule has 0 bridgehead atoms. The summed E-state index contributed by atoms with van der Waals surface area (Å²) >= 11 is 0. The summed E-state index contributed by atoms with van der Waals surface area (Å²) in [6, 6.07) is 9.73. The van der Waals surface area contributed by atoms with Gasteiger partial charge in [0.15, 0.2) is 0 Å². The van der Waals surface area contributed by atoms with Crippen LogP contribution in [0.4, 0.5) is 11.6 Å². The van der Waals surface area contributed by atoms with Gasteiger partial charge in [-0.05, 0) is 23.8 Å². The zero-order valence-corrected chi connectivity index (χ0v) is 15.4. The number of carbonyl (C=O) groups is 1. The number of nitrogens with one attached hydrogen (secondary N) is 1. The molecule has 8 nitrogen and oxygen atoms in total. The summed E-state index contributed by atoms with van der Waals surface area (Å²) in [7, 11) is 0. The van der Waals surface area contributed by atoms with E-state index in [9.17, 15) is 4.79 Å². The zero-order chi connectivity index (χ0) is 19.2. The van der Waals surface area contributed by atoms with Crippen LogP contribution in [-0.2, 0) is 6.54 Å². The molecule has 1 saturated heterocycles. The lowest BCUT2D eigenvalue weighted by Crippen LogP contribution is -2.49. The Morgan fingerprint density at radius 2 is 1.82 bits per heavy atom. The molecule has 142 valence electrons. The molecule has 4 rings (SSSR count). The maximum Gasteiger partial charge on any atom is 0.274 e. The Morgan fingerprint density at radius 1 is 0.929 bits per heavy atom. The lowest BCUT2D eigenvalue weighted by atomic mass is 10.2. The van der Waals surface area contributed by atoms with E-state index < -0.39 is 0 Å². The van der Waals surface area contributed by atoms with Crippen LogP contribution < -0.4 is 10.2 Å². The number of pyridine rings is 2. The zero-order valence-electron chi connectivity index (χ0n) is 15.4. The highest BCUT2D eigenvalue weighted by atomic mass is 16.2. The topological polar surface area (TPSA) is 87.1 Å². The van der Waals surface area contributed by atoms with Gasteiger partial charge in [-0.2, -0.15) is 0 Å². The summed E-state index contributed by atoms with van der Waals surface area (Å²) < 4.78 is 0. The van der Waals surface area contributed by atoms with Gasteiger partial charge in [0.05, 0.1) is 12.4 Å². The van der Waals surface area contributed by atoms with Crippen molar-refractivity contribution in [1.82, 2.24) is 24.8 Å². The Balaban J connectivity index is 1.31. The van der Waals surface area contributed by atoms with Crippen LogP contribution in [0.3, 0.4) is 0 Å². The third-order valence-corrected chi connectivity index (χ3v) is 4.61. The molecule has 1 aliphatic rings. The van der Waals surface area contributed by atoms with Crippen molar-refractivity contribution in [2.75, 3.05) is 36.4 Å². The fourth-order valence-electron chi connectivity index (χ4n) is 3.07. The van der Waals surface area contributed by atoms with Crippen molar-refractivity contribution in [3.8, 4) is 0 Å². The summed E-state index contributed by atoms with van der Waals surface area (Å²) in [5.41, 5.74) is 1.41. The SMILES string of the molecule is O=C(c1cnc(NCc2cccnc2)cn1)N1CCN(c2ccccn2)CC1. The van der Waals surface area contributed by atoms with Crippen molar-refractivity contribution < 1.29 is 4.79 Å². The van der Waals surface area contributed by atoms with Crippen molar-refractivity contribution in [2.45, 2.75) is 6.54 Å². The van der Waals surface area contributed by atoms with Crippen LogP contribution in [0.1, 0.15) is 16.1 Å². The molecule has 0 atom stereocenters. The first-order valence-electron chi connectivity index (χ1n) is 9.20. The van der Waals surface area contributed by atoms with E-state index >= 15 is 0 Å². The molecule has 0 radical (unpaired) electrons. The minimum atomic E-state index is -0.0908. The van der Waals surface area contributed by atoms with E-state index in [-0.39, 0.29) is 5.91 Å². The monoisotopic (exact) mass is 375 g/mol. The smallest absolute Gasteiger partial charge is 0.274 e. The van der Waals surface area contributed by atoms with E-state index in [0.29, 0.717) is 31.1 Å². The van der Waals surface area contributed by atoms with Crippen LogP contribution in [0.2, 0.25) is 0 Å². The summed E-state index contributed by atoms with van der Waals surface area (Å²) in [6.45, 7) is 3.38. The number of amides is 1. The van der Waals surface area contributed by atoms with Crippen molar-refractivity contribution >= 4 is 17.5 Å². The molecule has 28 heavy (non-hydrogen) atoms. The van der Waals surface area contributed by atoms with Crippen molar-refractivity contribution in [2.24, 2.45) is 0 Å². The van der Waals surface area contributed by atoms with E-state index in [1.54, 1.807) is 24.8 Å². The Labute approximate surface area is 163 Å². The highest BCUT2D eigenvalue weighted by Crippen LogP contribution is 2.14. The van der Waals surface area contributed by atoms with Gasteiger partial charge >= 0.3 is 0 Å². The van der Waals surface area contributed by atoms with E-state index in [0.717, 1.165) is 24.5 Å². The molecule has 0 aliphatic carbocycles. The van der Waals surface area contributed by atoms with Gasteiger partial charge in [-0.3, -0.25) is 9.78 Å². The Morgan fingerprint density at radius 3 is 2.50 bits per heavy atom. The largest absolute Gasteiger partial charge is 0.365 e. The van der Waals surface area contributed by atoms with Gasteiger partial charge in [-0.1, -0.05) is 12.1 Å². The quantitative estimate of drug-likeness (QED) is 0.728. The molecule has 1 aliphatic heterocycles. The standard InChI is InChI=1S/C20H21N7O/c28-20(27-10-8-26(9-11-27)19-5-1-2-7-22-19)17-14-25-18(15-23-17)24-13-16-4-3-6-21-12-16/h1-7,12,14-15H,8-11,13H2,(H,24,25). The summed E-state index contributed by atoms with van der Waals surface area (Å²) in [5.74, 6) is 1.48. The molecule has 1 amide bonds. The molecular weight excluding hydrogens is 354 g/mol. The maximum atomic E-state index is 12.7. The van der Waals surface area contributed by atoms with Crippen LogP contribution >= 0.6 is 0 Å². The molecule has 1 fully saturated rings. The first-order valence-corrected chi connectivity index (χ1v) is 9.20. The van der Waals surface area contributed by atoms with Gasteiger partial charge in [-0.15, -0.1) is 0 Å². The van der Waals surface area contributed by atoms with Crippen LogP contribution in [0.25, 0.3) is 0 Å². The fraction of sp³-hybridized carbons (Fsp3) is 0.250. The predicted octanol–water partition coefficient (Wildman–Crippen LogP) is 1.84. The molecule has 0 spiro atoms. The summed E-state index contributed by atoms with van der Waals surface area (Å²) in [4.78, 5) is 33.7. The molecule has 4 heterocycles. The van der Waals surface area contributed by atoms with Crippen LogP contribution in [0, 0.1) is 0 Å². The third kappa shape index (κ3) is 4.22. The van der Waals surface area contributed by atoms with E-state index in [1.165, 1.54) is 6.20 Å². The van der Waals surface area contributed by atoms with Gasteiger partial charge in [-0.25, -0.2) is 15.0 Å². The fourth-order valence-corrected chi connectivity index (χ4v) is 3.07. The number of carbonyl (C=O) groups excluding carboxylic acids is 1. The average Bonchev–Trinajstić information content (AvgIpc) is 2.79. The van der Waals surface area contributed by atoms with E-state index in [4.69, 9.17) is 0 Å². The number of hydrogen-bond donors (Lipinski definition) is 1. The van der Waals surface area contributed by atoms with Crippen LogP contribution in [0.5, 0.6) is 0 Å². The van der Waals surface area contributed by atoms with E-state index in [1.807, 2.05) is 35.2 Å². The number of anilines is 2. The molecule has 0 saturated carbocycles. The van der Waals surface area contributed by atoms with Gasteiger partial charge < -0.3 is 15.1 Å². The maximum absolute atomic E-state index is 12.7. The van der Waals surface area contributed by atoms with Gasteiger partial charge in [0.25, 0.3) is 5.91 Å². The average molecular weight is 375 g/mol. The molecule has 3 aromatic rings. The van der Waals surface area contributed by atoms with Crippen molar-refractivity contribution in [1.29, 1.82) is 0 Å². The minimum absolute atomic E-state index is 0.0908. The summed E-state index contributed by atoms with van der Waals surface area (Å²) in [5, 5.41) is 3.18. The van der Waals surface area contributed by atoms with Crippen LogP contribution in [0.15, 0.2) is 61.3 Å². The lowest BCUT2D eigenvalue weighted by molar-refractivity contribution is 0.0740. The summed E-state index contributed by atoms with van der Waals surface area (Å²) in [6.07, 6.45) is 8.43. The highest BCUT2D eigenvalue weighted by Gasteiger charge is 2.23. The predicted molar refractivity (Wildman–Crippen MR) is 106 cm³/mol. The molecule has 1 N–H and O–H groups in total. The van der Waals surface area contributed by atoms with E-state index in [2.05, 4.69) is 30.2 Å². The Hall–Kier alpha value is -3.55. The second-order valence-corrected chi connectivity index (χ2v) is 6.47. The number of nitrogens with zero attached hydrogens (tertiary/aromatic N) is 6. The molecular formula is C20H21N7O. The first-order chi connectivity index (χ1) is 13.8. The molecule has 3 aromatic heterocycles. The number of rotatable bonds is 5. The number of piperazine rings is 1. The van der Waals surface area contributed by atoms with Gasteiger partial charge in [0.2, 0.25) is 0 Å². The molecule has 8 heteroatoms. The van der Waals surface area contributed by atoms with Crippen LogP contribution in [-0.4, -0.2) is 56.9 Å². The highest BCUT2D eigenvalue weighted by molar-refractivity contribution is 5.92. The Kier molecular flexibility index (Phi) is 5.37. The normalized spacial score (nSPS) is 14.0. The minimum Gasteiger partial charge on any atom is -0.365 e. The number of aromatic nitrogens is 4. The second kappa shape index (κ2) is 8.43. The third-order valence-electron chi connectivity index (χ3n) is 4.61. The van der Waals surface area contributed by atoms with Gasteiger partial charge in [0, 0.05) is 51.3 Å². The second-order valence-electron chi connectivity index (χ2n) is 6.47. The Bertz CT molecular complexity index is 895. The van der Waals surface area contributed by atoms with Crippen molar-refractivity contribution in [3.05, 3.63) is 72.6 Å². The molecule has 0 unspecified atom stereocenters. The molecule has 0 aromatic carbocycles. The van der Waals surface area contributed by atoms with Gasteiger partial charge in [0.1, 0.15) is 17.3 Å².